The molecule has 0 rings (SSSR count). The number of hydrogen-bond acceptors (Lipinski definition) is 3. The predicted molar refractivity (Wildman–Crippen MR) is 50.1 cm³/mol. The Labute approximate surface area is 74.8 Å². The van der Waals surface area contributed by atoms with E-state index in [1.165, 1.54) is 0 Å². The van der Waals surface area contributed by atoms with Crippen LogP contribution in [0.25, 0.3) is 0 Å². The van der Waals surface area contributed by atoms with Crippen LogP contribution in [0, 0.1) is 0 Å². The van der Waals surface area contributed by atoms with Crippen molar-refractivity contribution in [2.75, 3.05) is 13.2 Å². The van der Waals surface area contributed by atoms with Gasteiger partial charge in [0.25, 0.3) is 0 Å². The van der Waals surface area contributed by atoms with E-state index in [1.54, 1.807) is 13.8 Å². The highest BCUT2D eigenvalue weighted by Gasteiger charge is 2.12. The molecule has 3 N–H and O–H groups in total. The molecule has 0 aromatic heterocycles. The molecule has 0 amide bonds. The molecule has 1 unspecified atom stereocenters. The van der Waals surface area contributed by atoms with Crippen LogP contribution >= 0.6 is 0 Å². The lowest BCUT2D eigenvalue weighted by Gasteiger charge is -2.19. The fourth-order valence-electron chi connectivity index (χ4n) is 0.920. The van der Waals surface area contributed by atoms with E-state index in [1.807, 2.05) is 6.92 Å². The maximum absolute atomic E-state index is 9.37. The van der Waals surface area contributed by atoms with Gasteiger partial charge in [-0.25, -0.2) is 0 Å². The Morgan fingerprint density at radius 2 is 2.00 bits per heavy atom. The van der Waals surface area contributed by atoms with Gasteiger partial charge >= 0.3 is 0 Å². The Kier molecular flexibility index (Phi) is 5.46. The zero-order chi connectivity index (χ0) is 9.61. The van der Waals surface area contributed by atoms with Crippen LogP contribution in [0.15, 0.2) is 0 Å². The van der Waals surface area contributed by atoms with Gasteiger partial charge in [0.05, 0.1) is 12.2 Å². The van der Waals surface area contributed by atoms with E-state index in [0.29, 0.717) is 6.42 Å². The molecular weight excluding hydrogens is 154 g/mol. The molecule has 3 nitrogen and oxygen atoms in total. The molecule has 3 heteroatoms. The van der Waals surface area contributed by atoms with E-state index in [0.717, 1.165) is 13.0 Å². The molecule has 0 aromatic carbocycles. The summed E-state index contributed by atoms with van der Waals surface area (Å²) in [5, 5.41) is 21.4. The normalized spacial score (nSPS) is 14.8. The fraction of sp³-hybridized carbons (Fsp3) is 1.00. The third kappa shape index (κ3) is 6.58. The van der Waals surface area contributed by atoms with Crippen molar-refractivity contribution in [1.82, 2.24) is 5.32 Å². The quantitative estimate of drug-likeness (QED) is 0.551. The van der Waals surface area contributed by atoms with Gasteiger partial charge in [0.2, 0.25) is 0 Å². The molecule has 1 atom stereocenters. The number of rotatable bonds is 6. The first kappa shape index (κ1) is 11.9. The predicted octanol–water partition coefficient (Wildman–Crippen LogP) is 0.508. The van der Waals surface area contributed by atoms with Crippen LogP contribution in [-0.2, 0) is 0 Å². The molecule has 0 aliphatic heterocycles. The molecule has 0 saturated carbocycles. The summed E-state index contributed by atoms with van der Waals surface area (Å²) in [6.45, 7) is 6.52. The van der Waals surface area contributed by atoms with Gasteiger partial charge < -0.3 is 15.5 Å². The molecule has 0 heterocycles. The van der Waals surface area contributed by atoms with E-state index >= 15 is 0 Å². The van der Waals surface area contributed by atoms with Crippen LogP contribution in [0.1, 0.15) is 33.6 Å². The monoisotopic (exact) mass is 175 g/mol. The summed E-state index contributed by atoms with van der Waals surface area (Å²) in [4.78, 5) is 0. The maximum atomic E-state index is 9.37. The average molecular weight is 175 g/mol. The maximum Gasteiger partial charge on any atom is 0.0603 e. The minimum atomic E-state index is -0.610. The zero-order valence-electron chi connectivity index (χ0n) is 8.30. The van der Waals surface area contributed by atoms with E-state index in [4.69, 9.17) is 5.11 Å². The van der Waals surface area contributed by atoms with Gasteiger partial charge in [0.15, 0.2) is 0 Å². The van der Waals surface area contributed by atoms with Gasteiger partial charge in [-0.05, 0) is 33.2 Å². The van der Waals surface area contributed by atoms with Crippen LogP contribution in [0.4, 0.5) is 0 Å². The second-order valence-electron chi connectivity index (χ2n) is 3.80. The Morgan fingerprint density at radius 1 is 1.42 bits per heavy atom. The number of aliphatic hydroxyl groups is 2. The minimum absolute atomic E-state index is 0.169. The molecule has 74 valence electrons. The Hall–Kier alpha value is -0.120. The topological polar surface area (TPSA) is 52.5 Å². The Bertz CT molecular complexity index is 106. The highest BCUT2D eigenvalue weighted by molar-refractivity contribution is 4.69. The second kappa shape index (κ2) is 5.51. The molecule has 12 heavy (non-hydrogen) atoms. The number of nitrogens with one attached hydrogen (secondary N) is 1. The van der Waals surface area contributed by atoms with Crippen molar-refractivity contribution in [1.29, 1.82) is 0 Å². The van der Waals surface area contributed by atoms with Gasteiger partial charge in [-0.15, -0.1) is 0 Å². The number of aliphatic hydroxyl groups excluding tert-OH is 1. The highest BCUT2D eigenvalue weighted by atomic mass is 16.3. The SMILES string of the molecule is CCC(CO)NCCC(C)(C)O. The molecule has 0 saturated heterocycles. The fourth-order valence-corrected chi connectivity index (χ4v) is 0.920. The zero-order valence-corrected chi connectivity index (χ0v) is 8.30. The van der Waals surface area contributed by atoms with Gasteiger partial charge in [0, 0.05) is 6.04 Å². The van der Waals surface area contributed by atoms with Crippen molar-refractivity contribution >= 4 is 0 Å². The van der Waals surface area contributed by atoms with Crippen molar-refractivity contribution < 1.29 is 10.2 Å². The summed E-state index contributed by atoms with van der Waals surface area (Å²) < 4.78 is 0. The molecule has 0 fully saturated rings. The number of hydrogen-bond donors (Lipinski definition) is 3. The first-order chi connectivity index (χ1) is 5.49. The van der Waals surface area contributed by atoms with Crippen molar-refractivity contribution in [3.05, 3.63) is 0 Å². The third-order valence-electron chi connectivity index (χ3n) is 1.88. The first-order valence-electron chi connectivity index (χ1n) is 4.56. The molecule has 0 bridgehead atoms. The van der Waals surface area contributed by atoms with E-state index in [2.05, 4.69) is 5.32 Å². The molecule has 0 radical (unpaired) electrons. The van der Waals surface area contributed by atoms with E-state index in [-0.39, 0.29) is 12.6 Å². The van der Waals surface area contributed by atoms with Crippen molar-refractivity contribution in [2.24, 2.45) is 0 Å². The van der Waals surface area contributed by atoms with Crippen LogP contribution in [-0.4, -0.2) is 35.0 Å². The van der Waals surface area contributed by atoms with Gasteiger partial charge in [-0.2, -0.15) is 0 Å². The molecule has 0 spiro atoms. The summed E-state index contributed by atoms with van der Waals surface area (Å²) >= 11 is 0. The van der Waals surface area contributed by atoms with Gasteiger partial charge in [-0.1, -0.05) is 6.92 Å². The van der Waals surface area contributed by atoms with Crippen molar-refractivity contribution in [3.8, 4) is 0 Å². The van der Waals surface area contributed by atoms with E-state index < -0.39 is 5.60 Å². The van der Waals surface area contributed by atoms with Crippen LogP contribution < -0.4 is 5.32 Å². The minimum Gasteiger partial charge on any atom is -0.395 e. The lowest BCUT2D eigenvalue weighted by atomic mass is 10.1. The van der Waals surface area contributed by atoms with Crippen LogP contribution in [0.3, 0.4) is 0 Å². The lowest BCUT2D eigenvalue weighted by Crippen LogP contribution is -2.35. The first-order valence-corrected chi connectivity index (χ1v) is 4.56. The Morgan fingerprint density at radius 3 is 2.33 bits per heavy atom. The molecule has 0 aromatic rings. The lowest BCUT2D eigenvalue weighted by molar-refractivity contribution is 0.0693. The van der Waals surface area contributed by atoms with Crippen LogP contribution in [0.2, 0.25) is 0 Å². The second-order valence-corrected chi connectivity index (χ2v) is 3.80. The molecular formula is C9H21NO2. The summed E-state index contributed by atoms with van der Waals surface area (Å²) in [6.07, 6.45) is 1.63. The molecule has 0 aliphatic rings. The Balaban J connectivity index is 3.41. The summed E-state index contributed by atoms with van der Waals surface area (Å²) in [5.41, 5.74) is -0.610. The summed E-state index contributed by atoms with van der Waals surface area (Å²) in [7, 11) is 0. The highest BCUT2D eigenvalue weighted by Crippen LogP contribution is 2.05. The average Bonchev–Trinajstić information content (AvgIpc) is 1.96. The molecule has 0 aliphatic carbocycles. The van der Waals surface area contributed by atoms with Gasteiger partial charge in [0.1, 0.15) is 0 Å². The van der Waals surface area contributed by atoms with Gasteiger partial charge in [-0.3, -0.25) is 0 Å². The largest absolute Gasteiger partial charge is 0.395 e. The smallest absolute Gasteiger partial charge is 0.0603 e. The summed E-state index contributed by atoms with van der Waals surface area (Å²) in [6, 6.07) is 0.173. The summed E-state index contributed by atoms with van der Waals surface area (Å²) in [5.74, 6) is 0. The van der Waals surface area contributed by atoms with Crippen molar-refractivity contribution in [2.45, 2.75) is 45.3 Å². The van der Waals surface area contributed by atoms with Crippen LogP contribution in [0.5, 0.6) is 0 Å². The van der Waals surface area contributed by atoms with Crippen molar-refractivity contribution in [3.63, 3.8) is 0 Å². The third-order valence-corrected chi connectivity index (χ3v) is 1.88. The van der Waals surface area contributed by atoms with E-state index in [9.17, 15) is 5.11 Å². The standard InChI is InChI=1S/C9H21NO2/c1-4-8(7-11)10-6-5-9(2,3)12/h8,10-12H,4-7H2,1-3H3.